The van der Waals surface area contributed by atoms with E-state index >= 15 is 0 Å². The van der Waals surface area contributed by atoms with Crippen molar-refractivity contribution in [2.45, 2.75) is 6.54 Å². The number of hydrogen-bond donors (Lipinski definition) is 1. The van der Waals surface area contributed by atoms with E-state index in [0.717, 1.165) is 11.3 Å². The third kappa shape index (κ3) is 3.01. The molecular formula is C16H17N3O. The van der Waals surface area contributed by atoms with Crippen LogP contribution in [0.3, 0.4) is 0 Å². The van der Waals surface area contributed by atoms with Gasteiger partial charge in [-0.05, 0) is 29.8 Å². The molecule has 0 spiro atoms. The molecule has 0 aliphatic carbocycles. The fraction of sp³-hybridized carbons (Fsp3) is 0.188. The van der Waals surface area contributed by atoms with Gasteiger partial charge in [-0.25, -0.2) is 0 Å². The highest BCUT2D eigenvalue weighted by molar-refractivity contribution is 5.62. The van der Waals surface area contributed by atoms with E-state index in [1.54, 1.807) is 13.2 Å². The van der Waals surface area contributed by atoms with Gasteiger partial charge in [-0.15, -0.1) is 0 Å². The Kier molecular flexibility index (Phi) is 4.11. The minimum atomic E-state index is 0.621. The van der Waals surface area contributed by atoms with Crippen LogP contribution in [0, 0.1) is 11.3 Å². The first-order chi connectivity index (χ1) is 9.63. The number of benzene rings is 2. The smallest absolute Gasteiger partial charge is 0.143 e. The molecule has 2 aromatic rings. The summed E-state index contributed by atoms with van der Waals surface area (Å²) in [6, 6.07) is 15.4. The zero-order valence-electron chi connectivity index (χ0n) is 11.6. The van der Waals surface area contributed by atoms with Crippen LogP contribution in [0.4, 0.5) is 11.4 Å². The summed E-state index contributed by atoms with van der Waals surface area (Å²) in [5, 5.41) is 8.92. The quantitative estimate of drug-likeness (QED) is 0.865. The van der Waals surface area contributed by atoms with Crippen molar-refractivity contribution in [1.29, 1.82) is 5.26 Å². The fourth-order valence-electron chi connectivity index (χ4n) is 2.04. The van der Waals surface area contributed by atoms with Gasteiger partial charge < -0.3 is 15.4 Å². The molecule has 0 amide bonds. The third-order valence-corrected chi connectivity index (χ3v) is 3.13. The van der Waals surface area contributed by atoms with Gasteiger partial charge in [-0.3, -0.25) is 0 Å². The lowest BCUT2D eigenvalue weighted by molar-refractivity contribution is 0.417. The van der Waals surface area contributed by atoms with Crippen LogP contribution in [-0.2, 0) is 6.54 Å². The molecule has 4 heteroatoms. The van der Waals surface area contributed by atoms with E-state index < -0.39 is 0 Å². The van der Waals surface area contributed by atoms with E-state index in [9.17, 15) is 0 Å². The maximum Gasteiger partial charge on any atom is 0.143 e. The molecule has 0 aliphatic heterocycles. The van der Waals surface area contributed by atoms with Crippen LogP contribution in [-0.4, -0.2) is 14.2 Å². The van der Waals surface area contributed by atoms with Gasteiger partial charge >= 0.3 is 0 Å². The van der Waals surface area contributed by atoms with Crippen molar-refractivity contribution in [3.63, 3.8) is 0 Å². The number of nitrogens with two attached hydrogens (primary N) is 1. The largest absolute Gasteiger partial charge is 0.495 e. The van der Waals surface area contributed by atoms with E-state index in [4.69, 9.17) is 15.7 Å². The van der Waals surface area contributed by atoms with Gasteiger partial charge in [-0.1, -0.05) is 12.1 Å². The predicted octanol–water partition coefficient (Wildman–Crippen LogP) is 2.79. The number of hydrogen-bond acceptors (Lipinski definition) is 4. The van der Waals surface area contributed by atoms with E-state index in [0.29, 0.717) is 23.5 Å². The van der Waals surface area contributed by atoms with Gasteiger partial charge in [0.1, 0.15) is 5.75 Å². The Morgan fingerprint density at radius 3 is 2.75 bits per heavy atom. The van der Waals surface area contributed by atoms with Crippen molar-refractivity contribution in [2.75, 3.05) is 24.8 Å². The van der Waals surface area contributed by atoms with E-state index in [1.165, 1.54) is 0 Å². The van der Waals surface area contributed by atoms with Gasteiger partial charge in [0.25, 0.3) is 0 Å². The first-order valence-electron chi connectivity index (χ1n) is 6.27. The zero-order valence-corrected chi connectivity index (χ0v) is 11.6. The summed E-state index contributed by atoms with van der Waals surface area (Å²) >= 11 is 0. The molecule has 0 unspecified atom stereocenters. The monoisotopic (exact) mass is 267 g/mol. The summed E-state index contributed by atoms with van der Waals surface area (Å²) in [7, 11) is 3.59. The van der Waals surface area contributed by atoms with E-state index in [1.807, 2.05) is 43.4 Å². The highest BCUT2D eigenvalue weighted by Crippen LogP contribution is 2.27. The lowest BCUT2D eigenvalue weighted by atomic mass is 10.1. The van der Waals surface area contributed by atoms with Crippen LogP contribution in [0.2, 0.25) is 0 Å². The fourth-order valence-corrected chi connectivity index (χ4v) is 2.04. The second-order valence-electron chi connectivity index (χ2n) is 4.59. The Balaban J connectivity index is 2.19. The molecule has 0 aromatic heterocycles. The van der Waals surface area contributed by atoms with Crippen molar-refractivity contribution in [1.82, 2.24) is 0 Å². The van der Waals surface area contributed by atoms with Crippen molar-refractivity contribution >= 4 is 11.4 Å². The van der Waals surface area contributed by atoms with Crippen LogP contribution in [0.25, 0.3) is 0 Å². The van der Waals surface area contributed by atoms with Crippen LogP contribution in [0.1, 0.15) is 11.1 Å². The summed E-state index contributed by atoms with van der Waals surface area (Å²) in [6.45, 7) is 0.711. The zero-order chi connectivity index (χ0) is 14.5. The molecule has 2 rings (SSSR count). The second kappa shape index (κ2) is 5.98. The van der Waals surface area contributed by atoms with Gasteiger partial charge in [0.05, 0.1) is 24.4 Å². The molecule has 0 bridgehead atoms. The molecule has 0 aliphatic rings. The molecule has 2 N–H and O–H groups in total. The van der Waals surface area contributed by atoms with Crippen LogP contribution in [0.5, 0.6) is 5.75 Å². The number of methoxy groups -OCH3 is 1. The van der Waals surface area contributed by atoms with Crippen molar-refractivity contribution in [2.24, 2.45) is 0 Å². The first kappa shape index (κ1) is 13.8. The van der Waals surface area contributed by atoms with Gasteiger partial charge in [-0.2, -0.15) is 5.26 Å². The molecule has 102 valence electrons. The number of nitriles is 1. The highest BCUT2D eigenvalue weighted by atomic mass is 16.5. The van der Waals surface area contributed by atoms with Crippen LogP contribution >= 0.6 is 0 Å². The molecule has 0 radical (unpaired) electrons. The summed E-state index contributed by atoms with van der Waals surface area (Å²) in [4.78, 5) is 2.08. The summed E-state index contributed by atoms with van der Waals surface area (Å²) < 4.78 is 5.23. The lowest BCUT2D eigenvalue weighted by Crippen LogP contribution is -2.16. The number of rotatable bonds is 4. The molecule has 0 saturated carbocycles. The standard InChI is InChI=1S/C16H17N3O/c1-19(11-13-5-3-4-12(8-13)10-17)14-6-7-15(18)16(9-14)20-2/h3-9H,11,18H2,1-2H3. The van der Waals surface area contributed by atoms with E-state index in [2.05, 4.69) is 11.0 Å². The second-order valence-corrected chi connectivity index (χ2v) is 4.59. The highest BCUT2D eigenvalue weighted by Gasteiger charge is 2.06. The summed E-state index contributed by atoms with van der Waals surface area (Å²) in [6.07, 6.45) is 0. The first-order valence-corrected chi connectivity index (χ1v) is 6.27. The minimum absolute atomic E-state index is 0.621. The number of ether oxygens (including phenoxy) is 1. The van der Waals surface area contributed by atoms with Gasteiger partial charge in [0.2, 0.25) is 0 Å². The van der Waals surface area contributed by atoms with Crippen molar-refractivity contribution in [3.8, 4) is 11.8 Å². The molecule has 20 heavy (non-hydrogen) atoms. The normalized spacial score (nSPS) is 9.85. The maximum absolute atomic E-state index is 8.92. The molecule has 4 nitrogen and oxygen atoms in total. The maximum atomic E-state index is 8.92. The van der Waals surface area contributed by atoms with Crippen molar-refractivity contribution in [3.05, 3.63) is 53.6 Å². The number of nitrogens with zero attached hydrogens (tertiary/aromatic N) is 2. The Bertz CT molecular complexity index is 646. The number of anilines is 2. The molecule has 0 heterocycles. The van der Waals surface area contributed by atoms with Gasteiger partial charge in [0, 0.05) is 25.3 Å². The molecule has 0 atom stereocenters. The van der Waals surface area contributed by atoms with Crippen LogP contribution < -0.4 is 15.4 Å². The molecule has 0 fully saturated rings. The molecule has 0 saturated heterocycles. The van der Waals surface area contributed by atoms with Crippen molar-refractivity contribution < 1.29 is 4.74 Å². The lowest BCUT2D eigenvalue weighted by Gasteiger charge is -2.20. The Morgan fingerprint density at radius 2 is 2.05 bits per heavy atom. The Morgan fingerprint density at radius 1 is 1.25 bits per heavy atom. The molecular weight excluding hydrogens is 250 g/mol. The average molecular weight is 267 g/mol. The topological polar surface area (TPSA) is 62.3 Å². The molecule has 2 aromatic carbocycles. The Labute approximate surface area is 119 Å². The summed E-state index contributed by atoms with van der Waals surface area (Å²) in [5.41, 5.74) is 9.20. The number of nitrogen functional groups attached to an aromatic ring is 1. The van der Waals surface area contributed by atoms with E-state index in [-0.39, 0.29) is 0 Å². The Hall–Kier alpha value is -2.67. The predicted molar refractivity (Wildman–Crippen MR) is 80.7 cm³/mol. The summed E-state index contributed by atoms with van der Waals surface area (Å²) in [5.74, 6) is 0.667. The van der Waals surface area contributed by atoms with Crippen LogP contribution in [0.15, 0.2) is 42.5 Å². The minimum Gasteiger partial charge on any atom is -0.495 e. The average Bonchev–Trinajstić information content (AvgIpc) is 2.47. The third-order valence-electron chi connectivity index (χ3n) is 3.13. The van der Waals surface area contributed by atoms with Gasteiger partial charge in [0.15, 0.2) is 0 Å². The SMILES string of the molecule is COc1cc(N(C)Cc2cccc(C#N)c2)ccc1N.